The Bertz CT molecular complexity index is 1400. The second-order valence-corrected chi connectivity index (χ2v) is 8.86. The van der Waals surface area contributed by atoms with E-state index in [-0.39, 0.29) is 11.6 Å². The number of methoxy groups -OCH3 is 2. The molecule has 0 saturated carbocycles. The average molecular weight is 553 g/mol. The summed E-state index contributed by atoms with van der Waals surface area (Å²) in [7, 11) is 3.01. The summed E-state index contributed by atoms with van der Waals surface area (Å²) in [6, 6.07) is 19.3. The lowest BCUT2D eigenvalue weighted by Crippen LogP contribution is -2.04. The van der Waals surface area contributed by atoms with Gasteiger partial charge < -0.3 is 32.4 Å². The maximum Gasteiger partial charge on any atom is 0.193 e. The summed E-state index contributed by atoms with van der Waals surface area (Å²) in [6.07, 6.45) is 0. The Morgan fingerprint density at radius 1 is 0.526 bits per heavy atom. The number of anilines is 4. The normalized spacial score (nSPS) is 10.2. The van der Waals surface area contributed by atoms with Gasteiger partial charge in [0.2, 0.25) is 0 Å². The number of ketones is 2. The number of benzene rings is 4. The third-order valence-corrected chi connectivity index (χ3v) is 6.17. The van der Waals surface area contributed by atoms with E-state index in [9.17, 15) is 9.59 Å². The molecular weight excluding hydrogens is 527 g/mol. The van der Waals surface area contributed by atoms with E-state index in [4.69, 9.17) is 55.6 Å². The highest BCUT2D eigenvalue weighted by Crippen LogP contribution is 2.27. The van der Waals surface area contributed by atoms with Gasteiger partial charge in [0.05, 0.1) is 47.0 Å². The molecule has 4 rings (SSSR count). The first kappa shape index (κ1) is 28.2. The van der Waals surface area contributed by atoms with Gasteiger partial charge >= 0.3 is 0 Å². The molecular formula is C28H26Cl2N4O4. The van der Waals surface area contributed by atoms with Gasteiger partial charge in [0.25, 0.3) is 0 Å². The highest BCUT2D eigenvalue weighted by Gasteiger charge is 2.14. The molecule has 0 fully saturated rings. The van der Waals surface area contributed by atoms with Crippen molar-refractivity contribution in [3.05, 3.63) is 105 Å². The summed E-state index contributed by atoms with van der Waals surface area (Å²) < 4.78 is 10.2. The summed E-state index contributed by atoms with van der Waals surface area (Å²) >= 11 is 11.8. The van der Waals surface area contributed by atoms with Crippen LogP contribution in [0.5, 0.6) is 11.5 Å². The fourth-order valence-electron chi connectivity index (χ4n) is 3.37. The molecule has 8 nitrogen and oxygen atoms in total. The van der Waals surface area contributed by atoms with E-state index in [2.05, 4.69) is 0 Å². The number of rotatable bonds is 6. The van der Waals surface area contributed by atoms with Gasteiger partial charge in [-0.25, -0.2) is 0 Å². The van der Waals surface area contributed by atoms with E-state index in [1.807, 2.05) is 0 Å². The molecule has 38 heavy (non-hydrogen) atoms. The van der Waals surface area contributed by atoms with E-state index in [1.165, 1.54) is 26.4 Å². The van der Waals surface area contributed by atoms with E-state index < -0.39 is 0 Å². The van der Waals surface area contributed by atoms with Gasteiger partial charge in [-0.05, 0) is 72.8 Å². The van der Waals surface area contributed by atoms with Crippen molar-refractivity contribution >= 4 is 57.5 Å². The third-order valence-electron chi connectivity index (χ3n) is 5.52. The minimum Gasteiger partial charge on any atom is -0.495 e. The fourth-order valence-corrected chi connectivity index (χ4v) is 3.74. The number of nitrogen functional groups attached to an aromatic ring is 4. The molecule has 0 aliphatic rings. The van der Waals surface area contributed by atoms with Crippen molar-refractivity contribution in [2.75, 3.05) is 37.2 Å². The highest BCUT2D eigenvalue weighted by atomic mass is 35.5. The SMILES string of the molecule is COc1cc(C(=O)c2ccc(N)c(OC)c2)ccc1N.Nc1ccc(C(=O)c2ccc(N)c(Cl)c2)cc1Cl. The second kappa shape index (κ2) is 12.2. The Kier molecular flexibility index (Phi) is 9.07. The number of carbonyl (C=O) groups excluding carboxylic acids is 2. The number of nitrogens with two attached hydrogens (primary N) is 4. The molecule has 0 atom stereocenters. The lowest BCUT2D eigenvalue weighted by atomic mass is 10.0. The first-order valence-electron chi connectivity index (χ1n) is 11.1. The van der Waals surface area contributed by atoms with Crippen LogP contribution < -0.4 is 32.4 Å². The summed E-state index contributed by atoms with van der Waals surface area (Å²) in [5, 5.41) is 0.699. The molecule has 0 aromatic heterocycles. The van der Waals surface area contributed by atoms with Crippen LogP contribution in [0.1, 0.15) is 31.8 Å². The zero-order valence-corrected chi connectivity index (χ0v) is 22.1. The Morgan fingerprint density at radius 2 is 0.816 bits per heavy atom. The molecule has 0 amide bonds. The molecule has 0 heterocycles. The Morgan fingerprint density at radius 3 is 1.11 bits per heavy atom. The van der Waals surface area contributed by atoms with Crippen molar-refractivity contribution in [3.63, 3.8) is 0 Å². The summed E-state index contributed by atoms with van der Waals surface area (Å²) in [5.41, 5.74) is 26.4. The Hall–Kier alpha value is -4.40. The zero-order chi connectivity index (χ0) is 28.0. The van der Waals surface area contributed by atoms with Crippen LogP contribution in [0.25, 0.3) is 0 Å². The number of hydrogen-bond donors (Lipinski definition) is 4. The summed E-state index contributed by atoms with van der Waals surface area (Å²) in [4.78, 5) is 24.6. The summed E-state index contributed by atoms with van der Waals surface area (Å²) in [5.74, 6) is 0.608. The maximum atomic E-state index is 12.4. The second-order valence-electron chi connectivity index (χ2n) is 8.04. The summed E-state index contributed by atoms with van der Waals surface area (Å²) in [6.45, 7) is 0. The molecule has 0 spiro atoms. The van der Waals surface area contributed by atoms with Crippen LogP contribution in [-0.2, 0) is 0 Å². The van der Waals surface area contributed by atoms with Crippen LogP contribution in [-0.4, -0.2) is 25.8 Å². The van der Waals surface area contributed by atoms with Gasteiger partial charge in [-0.2, -0.15) is 0 Å². The van der Waals surface area contributed by atoms with Gasteiger partial charge in [-0.1, -0.05) is 23.2 Å². The van der Waals surface area contributed by atoms with E-state index in [0.29, 0.717) is 66.5 Å². The topological polar surface area (TPSA) is 157 Å². The molecule has 4 aromatic rings. The first-order valence-corrected chi connectivity index (χ1v) is 11.9. The van der Waals surface area contributed by atoms with Crippen molar-refractivity contribution < 1.29 is 19.1 Å². The van der Waals surface area contributed by atoms with Crippen molar-refractivity contribution in [2.24, 2.45) is 0 Å². The molecule has 0 aliphatic heterocycles. The monoisotopic (exact) mass is 552 g/mol. The third kappa shape index (κ3) is 6.47. The van der Waals surface area contributed by atoms with Crippen LogP contribution in [0.3, 0.4) is 0 Å². The van der Waals surface area contributed by atoms with Crippen molar-refractivity contribution in [2.45, 2.75) is 0 Å². The molecule has 4 aromatic carbocycles. The van der Waals surface area contributed by atoms with Crippen molar-refractivity contribution in [1.82, 2.24) is 0 Å². The first-order chi connectivity index (χ1) is 18.0. The van der Waals surface area contributed by atoms with E-state index in [1.54, 1.807) is 60.7 Å². The van der Waals surface area contributed by atoms with Gasteiger partial charge in [0, 0.05) is 22.3 Å². The van der Waals surface area contributed by atoms with Crippen LogP contribution in [0, 0.1) is 0 Å². The van der Waals surface area contributed by atoms with E-state index in [0.717, 1.165) is 0 Å². The van der Waals surface area contributed by atoms with Crippen LogP contribution in [0.15, 0.2) is 72.8 Å². The lowest BCUT2D eigenvalue weighted by Gasteiger charge is -2.09. The number of ether oxygens (including phenoxy) is 2. The number of halogens is 2. The van der Waals surface area contributed by atoms with Crippen molar-refractivity contribution in [3.8, 4) is 11.5 Å². The molecule has 0 radical (unpaired) electrons. The molecule has 10 heteroatoms. The Balaban J connectivity index is 0.000000212. The molecule has 196 valence electrons. The van der Waals surface area contributed by atoms with Gasteiger partial charge in [-0.15, -0.1) is 0 Å². The molecule has 0 bridgehead atoms. The molecule has 0 unspecified atom stereocenters. The molecule has 8 N–H and O–H groups in total. The predicted molar refractivity (Wildman–Crippen MR) is 153 cm³/mol. The molecule has 0 saturated heterocycles. The van der Waals surface area contributed by atoms with Crippen LogP contribution in [0.4, 0.5) is 22.7 Å². The quantitative estimate of drug-likeness (QED) is 0.180. The predicted octanol–water partition coefficient (Wildman–Crippen LogP) is 5.49. The fraction of sp³-hybridized carbons (Fsp3) is 0.0714. The smallest absolute Gasteiger partial charge is 0.193 e. The van der Waals surface area contributed by atoms with Crippen molar-refractivity contribution in [1.29, 1.82) is 0 Å². The minimum atomic E-state index is -0.182. The lowest BCUT2D eigenvalue weighted by molar-refractivity contribution is 0.103. The van der Waals surface area contributed by atoms with E-state index >= 15 is 0 Å². The van der Waals surface area contributed by atoms with Gasteiger partial charge in [0.15, 0.2) is 11.6 Å². The van der Waals surface area contributed by atoms with Crippen LogP contribution in [0.2, 0.25) is 10.0 Å². The zero-order valence-electron chi connectivity index (χ0n) is 20.6. The average Bonchev–Trinajstić information content (AvgIpc) is 2.92. The Labute approximate surface area is 230 Å². The number of hydrogen-bond acceptors (Lipinski definition) is 8. The van der Waals surface area contributed by atoms with Crippen LogP contribution >= 0.6 is 23.2 Å². The highest BCUT2D eigenvalue weighted by molar-refractivity contribution is 6.34. The minimum absolute atomic E-state index is 0.151. The van der Waals surface area contributed by atoms with Gasteiger partial charge in [0.1, 0.15) is 11.5 Å². The largest absolute Gasteiger partial charge is 0.495 e. The standard InChI is InChI=1S/C15H16N2O3.C13H10Cl2N2O/c1-19-13-7-9(3-5-11(13)16)15(18)10-4-6-12(17)14(8-10)20-2;14-9-5-7(1-3-11(9)16)13(18)8-2-4-12(17)10(15)6-8/h3-8H,16-17H2,1-2H3;1-6H,16-17H2. The van der Waals surface area contributed by atoms with Gasteiger partial charge in [-0.3, -0.25) is 9.59 Å². The maximum absolute atomic E-state index is 12.4. The number of carbonyl (C=O) groups is 2. The molecule has 0 aliphatic carbocycles.